The average Bonchev–Trinajstić information content (AvgIpc) is 2.90. The second kappa shape index (κ2) is 12.7. The molecule has 1 unspecified atom stereocenters. The Bertz CT molecular complexity index is 1270. The number of nitrogens with zero attached hydrogens (tertiary/aromatic N) is 2. The third-order valence-corrected chi connectivity index (χ3v) is 8.10. The third-order valence-electron chi connectivity index (χ3n) is 5.82. The van der Waals surface area contributed by atoms with Crippen molar-refractivity contribution in [2.45, 2.75) is 30.7 Å². The van der Waals surface area contributed by atoms with Crippen LogP contribution in [0.2, 0.25) is 0 Å². The van der Waals surface area contributed by atoms with E-state index in [-0.39, 0.29) is 17.3 Å². The largest absolute Gasteiger partial charge is 0.357 e. The molecule has 0 heterocycles. The summed E-state index contributed by atoms with van der Waals surface area (Å²) < 4.78 is 29.1. The second-order valence-electron chi connectivity index (χ2n) is 8.17. The minimum Gasteiger partial charge on any atom is -0.357 e. The normalized spacial score (nSPS) is 12.0. The van der Waals surface area contributed by atoms with Gasteiger partial charge in [-0.2, -0.15) is 0 Å². The molecule has 0 aliphatic rings. The lowest BCUT2D eigenvalue weighted by Crippen LogP contribution is -2.52. The monoisotopic (exact) mass is 571 g/mol. The van der Waals surface area contributed by atoms with Gasteiger partial charge >= 0.3 is 0 Å². The molecule has 36 heavy (non-hydrogen) atoms. The number of amides is 2. The van der Waals surface area contributed by atoms with Crippen LogP contribution in [0.25, 0.3) is 0 Å². The van der Waals surface area contributed by atoms with Gasteiger partial charge in [0.25, 0.3) is 10.0 Å². The van der Waals surface area contributed by atoms with E-state index in [0.29, 0.717) is 23.0 Å². The summed E-state index contributed by atoms with van der Waals surface area (Å²) in [5.74, 6) is -0.750. The first kappa shape index (κ1) is 27.4. The van der Waals surface area contributed by atoms with Crippen LogP contribution in [0.15, 0.2) is 94.3 Å². The summed E-state index contributed by atoms with van der Waals surface area (Å²) in [6.45, 7) is 1.65. The number of carbonyl (C=O) groups excluding carboxylic acids is 2. The number of carbonyl (C=O) groups is 2. The summed E-state index contributed by atoms with van der Waals surface area (Å²) in [6, 6.07) is 23.7. The van der Waals surface area contributed by atoms with Crippen LogP contribution in [0.3, 0.4) is 0 Å². The van der Waals surface area contributed by atoms with Crippen molar-refractivity contribution in [3.05, 3.63) is 95.0 Å². The van der Waals surface area contributed by atoms with Crippen molar-refractivity contribution >= 4 is 43.5 Å². The molecular weight excluding hydrogens is 542 g/mol. The SMILES string of the molecule is CCC(C(=O)NC)N(CCc1ccccc1)C(=O)CN(c1cccc(Br)c1)S(=O)(=O)c1ccccc1. The molecule has 2 amide bonds. The van der Waals surface area contributed by atoms with Crippen molar-refractivity contribution in [3.8, 4) is 0 Å². The average molecular weight is 573 g/mol. The van der Waals surface area contributed by atoms with Crippen LogP contribution in [-0.4, -0.2) is 51.3 Å². The third kappa shape index (κ3) is 6.73. The van der Waals surface area contributed by atoms with Gasteiger partial charge in [-0.15, -0.1) is 0 Å². The number of likely N-dealkylation sites (N-methyl/N-ethyl adjacent to an activating group) is 1. The van der Waals surface area contributed by atoms with Crippen molar-refractivity contribution < 1.29 is 18.0 Å². The Labute approximate surface area is 221 Å². The predicted molar refractivity (Wildman–Crippen MR) is 145 cm³/mol. The van der Waals surface area contributed by atoms with E-state index in [4.69, 9.17) is 0 Å². The van der Waals surface area contributed by atoms with Crippen molar-refractivity contribution in [3.63, 3.8) is 0 Å². The standard InChI is InChI=1S/C27H30BrN3O4S/c1-3-25(27(33)29-2)30(18-17-21-11-6-4-7-12-21)26(32)20-31(23-14-10-13-22(28)19-23)36(34,35)24-15-8-5-9-16-24/h4-16,19,25H,3,17-18,20H2,1-2H3,(H,29,33). The lowest BCUT2D eigenvalue weighted by Gasteiger charge is -2.33. The van der Waals surface area contributed by atoms with Gasteiger partial charge in [-0.1, -0.05) is 77.5 Å². The van der Waals surface area contributed by atoms with Gasteiger partial charge in [0.2, 0.25) is 11.8 Å². The minimum atomic E-state index is -4.06. The molecule has 1 N–H and O–H groups in total. The number of hydrogen-bond acceptors (Lipinski definition) is 4. The molecule has 7 nitrogen and oxygen atoms in total. The van der Waals surface area contributed by atoms with E-state index < -0.39 is 28.5 Å². The zero-order valence-electron chi connectivity index (χ0n) is 20.3. The summed E-state index contributed by atoms with van der Waals surface area (Å²) in [7, 11) is -2.53. The number of anilines is 1. The number of halogens is 1. The van der Waals surface area contributed by atoms with E-state index in [1.54, 1.807) is 42.5 Å². The summed E-state index contributed by atoms with van der Waals surface area (Å²) in [4.78, 5) is 28.0. The number of benzene rings is 3. The van der Waals surface area contributed by atoms with Gasteiger partial charge in [-0.3, -0.25) is 13.9 Å². The fourth-order valence-corrected chi connectivity index (χ4v) is 5.76. The first-order chi connectivity index (χ1) is 17.3. The highest BCUT2D eigenvalue weighted by molar-refractivity contribution is 9.10. The molecule has 0 radical (unpaired) electrons. The van der Waals surface area contributed by atoms with Gasteiger partial charge in [0.15, 0.2) is 0 Å². The Morgan fingerprint density at radius 1 is 0.944 bits per heavy atom. The van der Waals surface area contributed by atoms with Crippen LogP contribution in [0.1, 0.15) is 18.9 Å². The van der Waals surface area contributed by atoms with Crippen LogP contribution in [0, 0.1) is 0 Å². The fourth-order valence-electron chi connectivity index (χ4n) is 3.94. The van der Waals surface area contributed by atoms with E-state index in [2.05, 4.69) is 21.2 Å². The van der Waals surface area contributed by atoms with Crippen molar-refractivity contribution in [2.75, 3.05) is 24.4 Å². The van der Waals surface area contributed by atoms with E-state index in [1.165, 1.54) is 24.1 Å². The molecule has 0 aliphatic carbocycles. The molecule has 3 aromatic carbocycles. The first-order valence-corrected chi connectivity index (χ1v) is 13.9. The fraction of sp³-hybridized carbons (Fsp3) is 0.259. The highest BCUT2D eigenvalue weighted by Crippen LogP contribution is 2.27. The molecular formula is C27H30BrN3O4S. The summed E-state index contributed by atoms with van der Waals surface area (Å²) in [5, 5.41) is 2.63. The molecule has 3 rings (SSSR count). The molecule has 9 heteroatoms. The lowest BCUT2D eigenvalue weighted by atomic mass is 10.1. The number of rotatable bonds is 11. The molecule has 3 aromatic rings. The minimum absolute atomic E-state index is 0.0759. The van der Waals surface area contributed by atoms with Gasteiger partial charge in [0, 0.05) is 18.1 Å². The smallest absolute Gasteiger partial charge is 0.264 e. The van der Waals surface area contributed by atoms with E-state index in [9.17, 15) is 18.0 Å². The molecule has 190 valence electrons. The zero-order chi connectivity index (χ0) is 26.1. The highest BCUT2D eigenvalue weighted by Gasteiger charge is 2.33. The molecule has 0 aromatic heterocycles. The Balaban J connectivity index is 1.99. The molecule has 0 saturated heterocycles. The van der Waals surface area contributed by atoms with Gasteiger partial charge in [-0.05, 0) is 48.7 Å². The van der Waals surface area contributed by atoms with Gasteiger partial charge in [-0.25, -0.2) is 8.42 Å². The van der Waals surface area contributed by atoms with Crippen LogP contribution in [-0.2, 0) is 26.0 Å². The first-order valence-electron chi connectivity index (χ1n) is 11.7. The van der Waals surface area contributed by atoms with Crippen LogP contribution in [0.5, 0.6) is 0 Å². The topological polar surface area (TPSA) is 86.8 Å². The maximum atomic E-state index is 13.8. The van der Waals surface area contributed by atoms with Crippen LogP contribution in [0.4, 0.5) is 5.69 Å². The van der Waals surface area contributed by atoms with Crippen molar-refractivity contribution in [1.29, 1.82) is 0 Å². The van der Waals surface area contributed by atoms with E-state index in [0.717, 1.165) is 9.87 Å². The molecule has 0 saturated carbocycles. The summed E-state index contributed by atoms with van der Waals surface area (Å²) >= 11 is 3.39. The quantitative estimate of drug-likeness (QED) is 0.373. The van der Waals surface area contributed by atoms with Crippen molar-refractivity contribution in [1.82, 2.24) is 10.2 Å². The number of sulfonamides is 1. The van der Waals surface area contributed by atoms with Gasteiger partial charge in [0.1, 0.15) is 12.6 Å². The Kier molecular flexibility index (Phi) is 9.66. The van der Waals surface area contributed by atoms with Crippen LogP contribution < -0.4 is 9.62 Å². The second-order valence-corrected chi connectivity index (χ2v) is 10.9. The van der Waals surface area contributed by atoms with Crippen molar-refractivity contribution in [2.24, 2.45) is 0 Å². The van der Waals surface area contributed by atoms with Gasteiger partial charge < -0.3 is 10.2 Å². The Morgan fingerprint density at radius 2 is 1.58 bits per heavy atom. The maximum absolute atomic E-state index is 13.8. The predicted octanol–water partition coefficient (Wildman–Crippen LogP) is 4.24. The number of hydrogen-bond donors (Lipinski definition) is 1. The Morgan fingerprint density at radius 3 is 2.17 bits per heavy atom. The zero-order valence-corrected chi connectivity index (χ0v) is 22.7. The lowest BCUT2D eigenvalue weighted by molar-refractivity contribution is -0.139. The van der Waals surface area contributed by atoms with Crippen LogP contribution >= 0.6 is 15.9 Å². The Hall–Kier alpha value is -3.17. The summed E-state index contributed by atoms with van der Waals surface area (Å²) in [6.07, 6.45) is 0.922. The molecule has 0 bridgehead atoms. The highest BCUT2D eigenvalue weighted by atomic mass is 79.9. The summed E-state index contributed by atoms with van der Waals surface area (Å²) in [5.41, 5.74) is 1.36. The number of nitrogens with one attached hydrogen (secondary N) is 1. The van der Waals surface area contributed by atoms with E-state index in [1.807, 2.05) is 37.3 Å². The van der Waals surface area contributed by atoms with E-state index >= 15 is 0 Å². The van der Waals surface area contributed by atoms with Gasteiger partial charge in [0.05, 0.1) is 10.6 Å². The molecule has 0 fully saturated rings. The molecule has 0 aliphatic heterocycles. The molecule has 1 atom stereocenters. The molecule has 0 spiro atoms. The maximum Gasteiger partial charge on any atom is 0.264 e.